The number of hydrogen-bond acceptors (Lipinski definition) is 6. The summed E-state index contributed by atoms with van der Waals surface area (Å²) >= 11 is 6.75. The second-order valence-corrected chi connectivity index (χ2v) is 9.55. The van der Waals surface area contributed by atoms with Gasteiger partial charge in [-0.15, -0.1) is 0 Å². The van der Waals surface area contributed by atoms with Gasteiger partial charge in [0.15, 0.2) is 22.4 Å². The largest absolute Gasteiger partial charge is 0.490 e. The van der Waals surface area contributed by atoms with E-state index in [2.05, 4.69) is 0 Å². The van der Waals surface area contributed by atoms with E-state index < -0.39 is 0 Å². The highest BCUT2D eigenvalue weighted by atomic mass is 32.2. The highest BCUT2D eigenvalue weighted by molar-refractivity contribution is 8.27. The minimum Gasteiger partial charge on any atom is -0.490 e. The van der Waals surface area contributed by atoms with Gasteiger partial charge in [-0.05, 0) is 68.2 Å². The number of thiocarbonyl (C=S) groups is 1. The third kappa shape index (κ3) is 5.39. The van der Waals surface area contributed by atoms with Crippen LogP contribution in [0.4, 0.5) is 5.69 Å². The Labute approximate surface area is 203 Å². The molecule has 0 radical (unpaired) electrons. The van der Waals surface area contributed by atoms with Crippen molar-refractivity contribution in [1.82, 2.24) is 4.90 Å². The zero-order valence-electron chi connectivity index (χ0n) is 18.7. The van der Waals surface area contributed by atoms with Crippen molar-refractivity contribution in [3.8, 4) is 11.5 Å². The van der Waals surface area contributed by atoms with E-state index in [0.717, 1.165) is 42.7 Å². The molecule has 0 saturated carbocycles. The second kappa shape index (κ2) is 10.4. The van der Waals surface area contributed by atoms with Crippen molar-refractivity contribution >= 4 is 51.9 Å². The van der Waals surface area contributed by atoms with E-state index in [0.29, 0.717) is 27.3 Å². The molecule has 2 aliphatic rings. The highest BCUT2D eigenvalue weighted by Gasteiger charge is 2.33. The SMILES string of the molecule is CCOc1cc(/C=C2/SC(=S)N(c3cccc(C)c3)C2=O)ccc1OCC(=O)N1CCCC1. The molecule has 0 N–H and O–H groups in total. The van der Waals surface area contributed by atoms with E-state index >= 15 is 0 Å². The monoisotopic (exact) mass is 482 g/mol. The molecule has 2 saturated heterocycles. The van der Waals surface area contributed by atoms with Gasteiger partial charge in [0.2, 0.25) is 0 Å². The number of ether oxygens (including phenoxy) is 2. The van der Waals surface area contributed by atoms with E-state index in [1.54, 1.807) is 17.0 Å². The van der Waals surface area contributed by atoms with Crippen LogP contribution in [0, 0.1) is 6.92 Å². The predicted molar refractivity (Wildman–Crippen MR) is 136 cm³/mol. The number of carbonyl (C=O) groups excluding carboxylic acids is 2. The summed E-state index contributed by atoms with van der Waals surface area (Å²) in [6.07, 6.45) is 3.89. The zero-order valence-corrected chi connectivity index (χ0v) is 20.3. The Morgan fingerprint density at radius 2 is 1.91 bits per heavy atom. The number of likely N-dealkylation sites (tertiary alicyclic amines) is 1. The van der Waals surface area contributed by atoms with E-state index in [1.165, 1.54) is 11.8 Å². The molecule has 33 heavy (non-hydrogen) atoms. The fourth-order valence-electron chi connectivity index (χ4n) is 3.81. The summed E-state index contributed by atoms with van der Waals surface area (Å²) in [4.78, 5) is 29.3. The number of aryl methyl sites for hydroxylation is 1. The molecule has 0 spiro atoms. The van der Waals surface area contributed by atoms with Crippen molar-refractivity contribution in [2.75, 3.05) is 31.2 Å². The van der Waals surface area contributed by atoms with Crippen LogP contribution in [0.25, 0.3) is 6.08 Å². The molecule has 4 rings (SSSR count). The number of benzene rings is 2. The molecule has 2 fully saturated rings. The van der Waals surface area contributed by atoms with Crippen molar-refractivity contribution in [1.29, 1.82) is 0 Å². The first-order chi connectivity index (χ1) is 16.0. The molecule has 6 nitrogen and oxygen atoms in total. The number of rotatable bonds is 7. The van der Waals surface area contributed by atoms with Gasteiger partial charge in [0, 0.05) is 13.1 Å². The van der Waals surface area contributed by atoms with Crippen molar-refractivity contribution in [3.05, 3.63) is 58.5 Å². The van der Waals surface area contributed by atoms with Gasteiger partial charge in [-0.1, -0.05) is 42.2 Å². The van der Waals surface area contributed by atoms with Crippen LogP contribution in [0.5, 0.6) is 11.5 Å². The standard InChI is InChI=1S/C25H26N2O4S2/c1-3-30-21-14-18(9-10-20(21)31-16-23(28)26-11-4-5-12-26)15-22-24(29)27(25(32)33-22)19-8-6-7-17(2)13-19/h6-10,13-15H,3-5,11-12,16H2,1-2H3/b22-15+. The minimum atomic E-state index is -0.148. The van der Waals surface area contributed by atoms with Crippen molar-refractivity contribution in [2.24, 2.45) is 0 Å². The van der Waals surface area contributed by atoms with E-state index in [4.69, 9.17) is 21.7 Å². The molecule has 0 unspecified atom stereocenters. The lowest BCUT2D eigenvalue weighted by molar-refractivity contribution is -0.132. The first-order valence-corrected chi connectivity index (χ1v) is 12.2. The number of carbonyl (C=O) groups is 2. The topological polar surface area (TPSA) is 59.1 Å². The lowest BCUT2D eigenvalue weighted by Gasteiger charge is -2.17. The van der Waals surface area contributed by atoms with Crippen LogP contribution >= 0.6 is 24.0 Å². The van der Waals surface area contributed by atoms with Crippen LogP contribution in [0.2, 0.25) is 0 Å². The van der Waals surface area contributed by atoms with E-state index in [9.17, 15) is 9.59 Å². The van der Waals surface area contributed by atoms with Gasteiger partial charge in [-0.2, -0.15) is 0 Å². The number of hydrogen-bond donors (Lipinski definition) is 0. The molecule has 2 aromatic rings. The van der Waals surface area contributed by atoms with Gasteiger partial charge in [-0.25, -0.2) is 0 Å². The van der Waals surface area contributed by atoms with E-state index in [1.807, 2.05) is 55.1 Å². The van der Waals surface area contributed by atoms with Crippen LogP contribution in [-0.4, -0.2) is 47.3 Å². The normalized spacial score (nSPS) is 17.2. The zero-order chi connectivity index (χ0) is 23.4. The fourth-order valence-corrected chi connectivity index (χ4v) is 5.11. The van der Waals surface area contributed by atoms with Gasteiger partial charge in [0.05, 0.1) is 17.2 Å². The summed E-state index contributed by atoms with van der Waals surface area (Å²) < 4.78 is 12.0. The number of amides is 2. The van der Waals surface area contributed by atoms with E-state index in [-0.39, 0.29) is 18.4 Å². The smallest absolute Gasteiger partial charge is 0.270 e. The van der Waals surface area contributed by atoms with Crippen LogP contribution in [0.1, 0.15) is 30.9 Å². The molecule has 8 heteroatoms. The lowest BCUT2D eigenvalue weighted by atomic mass is 10.1. The molecular formula is C25H26N2O4S2. The Hall–Kier alpha value is -2.84. The molecule has 0 atom stereocenters. The molecule has 0 bridgehead atoms. The maximum atomic E-state index is 13.1. The van der Waals surface area contributed by atoms with Gasteiger partial charge in [0.1, 0.15) is 0 Å². The highest BCUT2D eigenvalue weighted by Crippen LogP contribution is 2.37. The molecular weight excluding hydrogens is 456 g/mol. The summed E-state index contributed by atoms with van der Waals surface area (Å²) in [5, 5.41) is 0. The Bertz CT molecular complexity index is 1110. The Morgan fingerprint density at radius 3 is 2.64 bits per heavy atom. The molecule has 2 aliphatic heterocycles. The first-order valence-electron chi connectivity index (χ1n) is 11.0. The summed E-state index contributed by atoms with van der Waals surface area (Å²) in [6.45, 7) is 5.89. The maximum absolute atomic E-state index is 13.1. The second-order valence-electron chi connectivity index (χ2n) is 7.87. The van der Waals surface area contributed by atoms with Gasteiger partial charge >= 0.3 is 0 Å². The predicted octanol–water partition coefficient (Wildman–Crippen LogP) is 4.80. The molecule has 2 heterocycles. The summed E-state index contributed by atoms with van der Waals surface area (Å²) in [5.41, 5.74) is 2.62. The average Bonchev–Trinajstić information content (AvgIpc) is 3.42. The molecule has 172 valence electrons. The third-order valence-electron chi connectivity index (χ3n) is 5.43. The summed E-state index contributed by atoms with van der Waals surface area (Å²) in [6, 6.07) is 13.1. The van der Waals surface area contributed by atoms with Crippen LogP contribution in [0.15, 0.2) is 47.4 Å². The molecule has 0 aromatic heterocycles. The minimum absolute atomic E-state index is 0.0150. The maximum Gasteiger partial charge on any atom is 0.270 e. The molecule has 0 aliphatic carbocycles. The Morgan fingerprint density at radius 1 is 1.12 bits per heavy atom. The van der Waals surface area contributed by atoms with Crippen molar-refractivity contribution < 1.29 is 19.1 Å². The van der Waals surface area contributed by atoms with Gasteiger partial charge in [-0.3, -0.25) is 14.5 Å². The Balaban J connectivity index is 1.51. The van der Waals surface area contributed by atoms with Crippen LogP contribution in [0.3, 0.4) is 0 Å². The molecule has 2 aromatic carbocycles. The van der Waals surface area contributed by atoms with Crippen LogP contribution in [-0.2, 0) is 9.59 Å². The summed E-state index contributed by atoms with van der Waals surface area (Å²) in [5.74, 6) is 0.882. The summed E-state index contributed by atoms with van der Waals surface area (Å²) in [7, 11) is 0. The fraction of sp³-hybridized carbons (Fsp3) is 0.320. The Kier molecular flexibility index (Phi) is 7.35. The number of nitrogens with zero attached hydrogens (tertiary/aromatic N) is 2. The first kappa shape index (κ1) is 23.3. The number of anilines is 1. The lowest BCUT2D eigenvalue weighted by Crippen LogP contribution is -2.32. The average molecular weight is 483 g/mol. The third-order valence-corrected chi connectivity index (χ3v) is 6.73. The number of thioether (sulfide) groups is 1. The molecule has 2 amide bonds. The van der Waals surface area contributed by atoms with Gasteiger partial charge < -0.3 is 14.4 Å². The van der Waals surface area contributed by atoms with Crippen molar-refractivity contribution in [3.63, 3.8) is 0 Å². The van der Waals surface area contributed by atoms with Crippen LogP contribution < -0.4 is 14.4 Å². The van der Waals surface area contributed by atoms with Gasteiger partial charge in [0.25, 0.3) is 11.8 Å². The van der Waals surface area contributed by atoms with Crippen molar-refractivity contribution in [2.45, 2.75) is 26.7 Å². The quantitative estimate of drug-likeness (QED) is 0.417.